The second-order valence-corrected chi connectivity index (χ2v) is 5.75. The Labute approximate surface area is 139 Å². The molecule has 24 heavy (non-hydrogen) atoms. The topological polar surface area (TPSA) is 50.5 Å². The first kappa shape index (κ1) is 16.1. The molecule has 0 aliphatic rings. The molecule has 0 radical (unpaired) electrons. The number of unbranched alkanes of at least 4 members (excludes halogenated alkanes) is 1. The van der Waals surface area contributed by atoms with Gasteiger partial charge < -0.3 is 4.90 Å². The van der Waals surface area contributed by atoms with Crippen LogP contribution in [0.5, 0.6) is 0 Å². The number of carbonyl (C=O) groups excluding carboxylic acids is 1. The van der Waals surface area contributed by atoms with Crippen LogP contribution in [0.4, 0.5) is 4.39 Å². The zero-order chi connectivity index (χ0) is 17.1. The summed E-state index contributed by atoms with van der Waals surface area (Å²) in [5.41, 5.74) is 1.94. The van der Waals surface area contributed by atoms with E-state index in [4.69, 9.17) is 0 Å². The standard InChI is InChI=1S/C18H19FN4O/c1-3-4-10-22(2)18(24)14-9-11-23-16(12-14)20-21-17(23)13-5-7-15(19)8-6-13/h5-9,11-12H,3-4,10H2,1-2H3. The zero-order valence-electron chi connectivity index (χ0n) is 13.7. The van der Waals surface area contributed by atoms with Gasteiger partial charge in [-0.15, -0.1) is 10.2 Å². The van der Waals surface area contributed by atoms with Crippen LogP contribution in [0.15, 0.2) is 42.6 Å². The fourth-order valence-corrected chi connectivity index (χ4v) is 2.54. The number of carbonyl (C=O) groups is 1. The SMILES string of the molecule is CCCCN(C)C(=O)c1ccn2c(-c3ccc(F)cc3)nnc2c1. The lowest BCUT2D eigenvalue weighted by molar-refractivity contribution is 0.0793. The summed E-state index contributed by atoms with van der Waals surface area (Å²) in [6.45, 7) is 2.82. The molecule has 0 fully saturated rings. The Balaban J connectivity index is 1.91. The van der Waals surface area contributed by atoms with E-state index in [2.05, 4.69) is 17.1 Å². The van der Waals surface area contributed by atoms with E-state index in [-0.39, 0.29) is 11.7 Å². The predicted octanol–water partition coefficient (Wildman–Crippen LogP) is 3.41. The van der Waals surface area contributed by atoms with Gasteiger partial charge in [0.2, 0.25) is 0 Å². The smallest absolute Gasteiger partial charge is 0.253 e. The van der Waals surface area contributed by atoms with Crippen molar-refractivity contribution in [2.45, 2.75) is 19.8 Å². The van der Waals surface area contributed by atoms with Crippen LogP contribution in [0.3, 0.4) is 0 Å². The van der Waals surface area contributed by atoms with E-state index in [0.717, 1.165) is 24.9 Å². The van der Waals surface area contributed by atoms with E-state index < -0.39 is 0 Å². The predicted molar refractivity (Wildman–Crippen MR) is 90.2 cm³/mol. The highest BCUT2D eigenvalue weighted by molar-refractivity contribution is 5.95. The van der Waals surface area contributed by atoms with Crippen LogP contribution in [0.1, 0.15) is 30.1 Å². The molecule has 0 N–H and O–H groups in total. The van der Waals surface area contributed by atoms with E-state index in [0.29, 0.717) is 17.0 Å². The Morgan fingerprint density at radius 2 is 1.96 bits per heavy atom. The number of halogens is 1. The van der Waals surface area contributed by atoms with E-state index in [1.54, 1.807) is 46.8 Å². The minimum atomic E-state index is -0.296. The van der Waals surface area contributed by atoms with Crippen LogP contribution in [0.2, 0.25) is 0 Å². The van der Waals surface area contributed by atoms with Gasteiger partial charge in [0, 0.05) is 30.9 Å². The molecule has 1 amide bonds. The number of aromatic nitrogens is 3. The normalized spacial score (nSPS) is 11.0. The Bertz CT molecular complexity index is 857. The quantitative estimate of drug-likeness (QED) is 0.722. The molecular weight excluding hydrogens is 307 g/mol. The third-order valence-corrected chi connectivity index (χ3v) is 3.95. The Morgan fingerprint density at radius 3 is 2.67 bits per heavy atom. The van der Waals surface area contributed by atoms with Crippen LogP contribution < -0.4 is 0 Å². The van der Waals surface area contributed by atoms with Crippen molar-refractivity contribution in [2.75, 3.05) is 13.6 Å². The average molecular weight is 326 g/mol. The van der Waals surface area contributed by atoms with Gasteiger partial charge in [-0.25, -0.2) is 4.39 Å². The molecule has 2 heterocycles. The van der Waals surface area contributed by atoms with Gasteiger partial charge >= 0.3 is 0 Å². The van der Waals surface area contributed by atoms with Crippen molar-refractivity contribution >= 4 is 11.6 Å². The average Bonchev–Trinajstić information content (AvgIpc) is 3.02. The van der Waals surface area contributed by atoms with Crippen LogP contribution in [0, 0.1) is 5.82 Å². The van der Waals surface area contributed by atoms with Crippen molar-refractivity contribution in [3.63, 3.8) is 0 Å². The summed E-state index contributed by atoms with van der Waals surface area (Å²) in [6, 6.07) is 9.57. The number of nitrogens with zero attached hydrogens (tertiary/aromatic N) is 4. The van der Waals surface area contributed by atoms with Crippen molar-refractivity contribution in [3.05, 3.63) is 54.0 Å². The number of hydrogen-bond acceptors (Lipinski definition) is 3. The molecule has 0 saturated carbocycles. The summed E-state index contributed by atoms with van der Waals surface area (Å²) in [6.07, 6.45) is 3.79. The summed E-state index contributed by atoms with van der Waals surface area (Å²) in [5, 5.41) is 8.29. The molecular formula is C18H19FN4O. The fourth-order valence-electron chi connectivity index (χ4n) is 2.54. The zero-order valence-corrected chi connectivity index (χ0v) is 13.7. The lowest BCUT2D eigenvalue weighted by Crippen LogP contribution is -2.27. The number of pyridine rings is 1. The number of benzene rings is 1. The molecule has 1 aromatic carbocycles. The largest absolute Gasteiger partial charge is 0.342 e. The van der Waals surface area contributed by atoms with Gasteiger partial charge in [-0.2, -0.15) is 0 Å². The molecule has 0 spiro atoms. The summed E-state index contributed by atoms with van der Waals surface area (Å²) in [7, 11) is 1.80. The van der Waals surface area contributed by atoms with Gasteiger partial charge in [-0.05, 0) is 42.8 Å². The van der Waals surface area contributed by atoms with E-state index >= 15 is 0 Å². The maximum absolute atomic E-state index is 13.1. The minimum absolute atomic E-state index is 0.0303. The molecule has 0 bridgehead atoms. The third kappa shape index (κ3) is 3.13. The number of amides is 1. The number of fused-ring (bicyclic) bond motifs is 1. The second kappa shape index (κ2) is 6.78. The summed E-state index contributed by atoms with van der Waals surface area (Å²) in [5.74, 6) is 0.288. The fraction of sp³-hybridized carbons (Fsp3) is 0.278. The first-order valence-corrected chi connectivity index (χ1v) is 7.96. The van der Waals surface area contributed by atoms with Gasteiger partial charge in [0.05, 0.1) is 0 Å². The molecule has 3 aromatic rings. The lowest BCUT2D eigenvalue weighted by atomic mass is 10.2. The summed E-state index contributed by atoms with van der Waals surface area (Å²) >= 11 is 0. The molecule has 0 unspecified atom stereocenters. The van der Waals surface area contributed by atoms with Crippen LogP contribution in [0.25, 0.3) is 17.0 Å². The Hall–Kier alpha value is -2.76. The molecule has 6 heteroatoms. The Kier molecular flexibility index (Phi) is 4.55. The van der Waals surface area contributed by atoms with E-state index in [1.165, 1.54) is 12.1 Å². The molecule has 5 nitrogen and oxygen atoms in total. The van der Waals surface area contributed by atoms with Gasteiger partial charge in [0.1, 0.15) is 5.82 Å². The van der Waals surface area contributed by atoms with Gasteiger partial charge in [-0.1, -0.05) is 13.3 Å². The minimum Gasteiger partial charge on any atom is -0.342 e. The van der Waals surface area contributed by atoms with E-state index in [1.807, 2.05) is 0 Å². The van der Waals surface area contributed by atoms with Crippen molar-refractivity contribution in [2.24, 2.45) is 0 Å². The third-order valence-electron chi connectivity index (χ3n) is 3.95. The van der Waals surface area contributed by atoms with Crippen molar-refractivity contribution < 1.29 is 9.18 Å². The highest BCUT2D eigenvalue weighted by atomic mass is 19.1. The molecule has 0 atom stereocenters. The summed E-state index contributed by atoms with van der Waals surface area (Å²) in [4.78, 5) is 14.2. The van der Waals surface area contributed by atoms with Gasteiger partial charge in [0.15, 0.2) is 11.5 Å². The lowest BCUT2D eigenvalue weighted by Gasteiger charge is -2.16. The molecule has 2 aromatic heterocycles. The number of hydrogen-bond donors (Lipinski definition) is 0. The van der Waals surface area contributed by atoms with Crippen molar-refractivity contribution in [3.8, 4) is 11.4 Å². The Morgan fingerprint density at radius 1 is 1.21 bits per heavy atom. The monoisotopic (exact) mass is 326 g/mol. The maximum atomic E-state index is 13.1. The van der Waals surface area contributed by atoms with Gasteiger partial charge in [-0.3, -0.25) is 9.20 Å². The maximum Gasteiger partial charge on any atom is 0.253 e. The highest BCUT2D eigenvalue weighted by Crippen LogP contribution is 2.19. The molecule has 0 aliphatic carbocycles. The van der Waals surface area contributed by atoms with E-state index in [9.17, 15) is 9.18 Å². The summed E-state index contributed by atoms with van der Waals surface area (Å²) < 4.78 is 14.9. The van der Waals surface area contributed by atoms with Crippen molar-refractivity contribution in [1.82, 2.24) is 19.5 Å². The molecule has 0 saturated heterocycles. The van der Waals surface area contributed by atoms with Gasteiger partial charge in [0.25, 0.3) is 5.91 Å². The second-order valence-electron chi connectivity index (χ2n) is 5.75. The number of rotatable bonds is 5. The van der Waals surface area contributed by atoms with Crippen LogP contribution in [-0.2, 0) is 0 Å². The van der Waals surface area contributed by atoms with Crippen molar-refractivity contribution in [1.29, 1.82) is 0 Å². The first-order valence-electron chi connectivity index (χ1n) is 7.96. The van der Waals surface area contributed by atoms with Crippen LogP contribution in [-0.4, -0.2) is 39.0 Å². The molecule has 0 aliphatic heterocycles. The molecule has 124 valence electrons. The van der Waals surface area contributed by atoms with Crippen LogP contribution >= 0.6 is 0 Å². The molecule has 3 rings (SSSR count). The first-order chi connectivity index (χ1) is 11.6. The highest BCUT2D eigenvalue weighted by Gasteiger charge is 2.14.